The molecule has 0 saturated carbocycles. The Kier molecular flexibility index (Phi) is 5.43. The van der Waals surface area contributed by atoms with Crippen molar-refractivity contribution in [3.05, 3.63) is 65.5 Å². The first-order chi connectivity index (χ1) is 14.0. The largest absolute Gasteiger partial charge is 0.496 e. The predicted molar refractivity (Wildman–Crippen MR) is 103 cm³/mol. The first-order valence-corrected chi connectivity index (χ1v) is 9.64. The summed E-state index contributed by atoms with van der Waals surface area (Å²) in [6, 6.07) is 13.1. The van der Waals surface area contributed by atoms with Gasteiger partial charge in [-0.2, -0.15) is 0 Å². The topological polar surface area (TPSA) is 68.2 Å². The molecule has 2 saturated heterocycles. The number of methoxy groups -OCH3 is 1. The van der Waals surface area contributed by atoms with Gasteiger partial charge in [-0.1, -0.05) is 36.4 Å². The van der Waals surface area contributed by atoms with Gasteiger partial charge in [0.25, 0.3) is 0 Å². The minimum atomic E-state index is -1.45. The first kappa shape index (κ1) is 19.7. The van der Waals surface area contributed by atoms with Crippen molar-refractivity contribution in [2.24, 2.45) is 0 Å². The number of fused-ring (bicyclic) bond motifs is 2. The number of carbonyl (C=O) groups excluding carboxylic acids is 1. The Morgan fingerprint density at radius 2 is 1.86 bits per heavy atom. The van der Waals surface area contributed by atoms with Gasteiger partial charge in [0.1, 0.15) is 23.8 Å². The third kappa shape index (κ3) is 3.80. The average molecular weight is 401 g/mol. The summed E-state index contributed by atoms with van der Waals surface area (Å²) in [5.41, 5.74) is -0.421. The molecule has 2 fully saturated rings. The van der Waals surface area contributed by atoms with Crippen molar-refractivity contribution in [2.75, 3.05) is 20.3 Å². The maximum atomic E-state index is 14.6. The van der Waals surface area contributed by atoms with Gasteiger partial charge in [-0.15, -0.1) is 0 Å². The Hall–Kier alpha value is -2.64. The van der Waals surface area contributed by atoms with Crippen LogP contribution in [0, 0.1) is 5.82 Å². The van der Waals surface area contributed by atoms with Crippen molar-refractivity contribution in [3.63, 3.8) is 0 Å². The fourth-order valence-corrected chi connectivity index (χ4v) is 4.40. The minimum Gasteiger partial charge on any atom is -0.496 e. The molecule has 0 aromatic heterocycles. The highest BCUT2D eigenvalue weighted by Gasteiger charge is 2.51. The van der Waals surface area contributed by atoms with Crippen molar-refractivity contribution in [3.8, 4) is 5.75 Å². The van der Waals surface area contributed by atoms with E-state index in [0.29, 0.717) is 5.75 Å². The second-order valence-electron chi connectivity index (χ2n) is 7.55. The molecular formula is C22H24FNO5. The maximum Gasteiger partial charge on any atom is 0.410 e. The van der Waals surface area contributed by atoms with E-state index in [0.717, 1.165) is 5.56 Å². The van der Waals surface area contributed by atoms with Crippen LogP contribution in [0.4, 0.5) is 9.18 Å². The smallest absolute Gasteiger partial charge is 0.410 e. The standard InChI is InChI=1S/C22H24FNO5/c1-27-19-9-5-8-18(23)20(19)22(26)10-16-13-28-14-17(11-22)24(16)21(25)29-12-15-6-3-2-4-7-15/h2-9,16-17,26H,10-14H2,1H3. The molecular weight excluding hydrogens is 377 g/mol. The third-order valence-electron chi connectivity index (χ3n) is 5.63. The van der Waals surface area contributed by atoms with E-state index >= 15 is 0 Å². The number of piperidine rings is 1. The van der Waals surface area contributed by atoms with Gasteiger partial charge in [0.05, 0.1) is 38.0 Å². The van der Waals surface area contributed by atoms with E-state index in [-0.39, 0.29) is 38.2 Å². The number of aliphatic hydroxyl groups is 1. The van der Waals surface area contributed by atoms with Crippen LogP contribution in [0.3, 0.4) is 0 Å². The second-order valence-corrected chi connectivity index (χ2v) is 7.55. The van der Waals surface area contributed by atoms with Gasteiger partial charge < -0.3 is 19.3 Å². The zero-order valence-electron chi connectivity index (χ0n) is 16.2. The van der Waals surface area contributed by atoms with Crippen LogP contribution in [0.5, 0.6) is 5.75 Å². The van der Waals surface area contributed by atoms with Gasteiger partial charge >= 0.3 is 6.09 Å². The van der Waals surface area contributed by atoms with Gasteiger partial charge in [0.2, 0.25) is 0 Å². The fraction of sp³-hybridized carbons (Fsp3) is 0.409. The van der Waals surface area contributed by atoms with Gasteiger partial charge in [0.15, 0.2) is 0 Å². The summed E-state index contributed by atoms with van der Waals surface area (Å²) in [6.45, 7) is 0.688. The molecule has 2 aromatic rings. The van der Waals surface area contributed by atoms with E-state index in [4.69, 9.17) is 14.2 Å². The molecule has 6 nitrogen and oxygen atoms in total. The SMILES string of the molecule is COc1cccc(F)c1C1(O)CC2COCC(C1)N2C(=O)OCc1ccccc1. The number of hydrogen-bond donors (Lipinski definition) is 1. The van der Waals surface area contributed by atoms with Crippen LogP contribution >= 0.6 is 0 Å². The van der Waals surface area contributed by atoms with E-state index in [1.807, 2.05) is 30.3 Å². The number of morpholine rings is 1. The summed E-state index contributed by atoms with van der Waals surface area (Å²) in [4.78, 5) is 14.4. The molecule has 2 aliphatic heterocycles. The molecule has 0 radical (unpaired) electrons. The number of ether oxygens (including phenoxy) is 3. The highest BCUT2D eigenvalue weighted by molar-refractivity contribution is 5.69. The third-order valence-corrected chi connectivity index (χ3v) is 5.63. The molecule has 2 unspecified atom stereocenters. The molecule has 2 aliphatic rings. The molecule has 7 heteroatoms. The monoisotopic (exact) mass is 401 g/mol. The Morgan fingerprint density at radius 3 is 2.52 bits per heavy atom. The van der Waals surface area contributed by atoms with Crippen molar-refractivity contribution < 1.29 is 28.5 Å². The highest BCUT2D eigenvalue weighted by atomic mass is 19.1. The molecule has 1 amide bonds. The summed E-state index contributed by atoms with van der Waals surface area (Å²) in [5.74, 6) is -0.224. The van der Waals surface area contributed by atoms with E-state index < -0.39 is 29.6 Å². The van der Waals surface area contributed by atoms with E-state index in [9.17, 15) is 14.3 Å². The predicted octanol–water partition coefficient (Wildman–Crippen LogP) is 3.22. The average Bonchev–Trinajstić information content (AvgIpc) is 2.71. The summed E-state index contributed by atoms with van der Waals surface area (Å²) < 4.78 is 31.0. The molecule has 0 spiro atoms. The molecule has 2 bridgehead atoms. The Morgan fingerprint density at radius 1 is 1.17 bits per heavy atom. The number of rotatable bonds is 4. The van der Waals surface area contributed by atoms with Crippen molar-refractivity contribution in [2.45, 2.75) is 37.1 Å². The number of amides is 1. The lowest BCUT2D eigenvalue weighted by Crippen LogP contribution is -2.62. The van der Waals surface area contributed by atoms with Gasteiger partial charge in [-0.3, -0.25) is 4.90 Å². The van der Waals surface area contributed by atoms with Crippen LogP contribution < -0.4 is 4.74 Å². The van der Waals surface area contributed by atoms with Gasteiger partial charge in [0, 0.05) is 12.8 Å². The fourth-order valence-electron chi connectivity index (χ4n) is 4.40. The Balaban J connectivity index is 1.54. The molecule has 154 valence electrons. The van der Waals surface area contributed by atoms with Crippen molar-refractivity contribution in [1.82, 2.24) is 4.90 Å². The number of nitrogens with zero attached hydrogens (tertiary/aromatic N) is 1. The molecule has 2 atom stereocenters. The number of hydrogen-bond acceptors (Lipinski definition) is 5. The van der Waals surface area contributed by atoms with E-state index in [1.54, 1.807) is 17.0 Å². The summed E-state index contributed by atoms with van der Waals surface area (Å²) >= 11 is 0. The first-order valence-electron chi connectivity index (χ1n) is 9.64. The number of halogens is 1. The summed E-state index contributed by atoms with van der Waals surface area (Å²) in [5, 5.41) is 11.4. The lowest BCUT2D eigenvalue weighted by molar-refractivity contribution is -0.138. The Labute approximate surface area is 168 Å². The minimum absolute atomic E-state index is 0.136. The molecule has 2 heterocycles. The zero-order chi connectivity index (χ0) is 20.4. The number of benzene rings is 2. The lowest BCUT2D eigenvalue weighted by atomic mass is 9.76. The summed E-state index contributed by atoms with van der Waals surface area (Å²) in [6.07, 6.45) is -0.169. The zero-order valence-corrected chi connectivity index (χ0v) is 16.2. The van der Waals surface area contributed by atoms with E-state index in [2.05, 4.69) is 0 Å². The highest BCUT2D eigenvalue weighted by Crippen LogP contribution is 2.45. The molecule has 4 rings (SSSR count). The normalized spacial score (nSPS) is 26.1. The van der Waals surface area contributed by atoms with Gasteiger partial charge in [-0.25, -0.2) is 9.18 Å². The lowest BCUT2D eigenvalue weighted by Gasteiger charge is -2.51. The van der Waals surface area contributed by atoms with Crippen LogP contribution in [0.25, 0.3) is 0 Å². The van der Waals surface area contributed by atoms with Crippen LogP contribution in [0.2, 0.25) is 0 Å². The van der Waals surface area contributed by atoms with Crippen LogP contribution in [-0.4, -0.2) is 48.5 Å². The second kappa shape index (κ2) is 8.00. The summed E-state index contributed by atoms with van der Waals surface area (Å²) in [7, 11) is 1.45. The van der Waals surface area contributed by atoms with E-state index in [1.165, 1.54) is 13.2 Å². The molecule has 0 aliphatic carbocycles. The van der Waals surface area contributed by atoms with Gasteiger partial charge in [-0.05, 0) is 17.7 Å². The maximum absolute atomic E-state index is 14.6. The molecule has 2 aromatic carbocycles. The van der Waals surface area contributed by atoms with Crippen LogP contribution in [-0.2, 0) is 21.7 Å². The molecule has 29 heavy (non-hydrogen) atoms. The van der Waals surface area contributed by atoms with Crippen molar-refractivity contribution >= 4 is 6.09 Å². The molecule has 1 N–H and O–H groups in total. The number of carbonyl (C=O) groups is 1. The van der Waals surface area contributed by atoms with Crippen molar-refractivity contribution in [1.29, 1.82) is 0 Å². The Bertz CT molecular complexity index is 861. The van der Waals surface area contributed by atoms with Crippen LogP contribution in [0.15, 0.2) is 48.5 Å². The quantitative estimate of drug-likeness (QED) is 0.852. The van der Waals surface area contributed by atoms with Crippen LogP contribution in [0.1, 0.15) is 24.0 Å².